The number of carbonyl (C=O) groups is 3. The Bertz CT molecular complexity index is 1240. The zero-order valence-corrected chi connectivity index (χ0v) is 17.5. The third-order valence-electron chi connectivity index (χ3n) is 4.89. The van der Waals surface area contributed by atoms with Crippen LogP contribution in [0.4, 0.5) is 11.8 Å². The van der Waals surface area contributed by atoms with Crippen molar-refractivity contribution in [2.75, 3.05) is 11.5 Å². The minimum absolute atomic E-state index is 0.0835. The maximum atomic E-state index is 12.4. The minimum Gasteiger partial charge on any atom is -0.480 e. The molecule has 0 saturated carbocycles. The van der Waals surface area contributed by atoms with Crippen molar-refractivity contribution >= 4 is 40.6 Å². The monoisotopic (exact) mass is 450 g/mol. The molecule has 1 atom stereocenters. The number of carbonyl (C=O) groups excluding carboxylic acids is 1. The number of amides is 1. The molecule has 11 heteroatoms. The third-order valence-corrected chi connectivity index (χ3v) is 4.89. The fourth-order valence-electron chi connectivity index (χ4n) is 3.11. The van der Waals surface area contributed by atoms with Crippen LogP contribution in [0, 0.1) is 0 Å². The number of nitrogens with two attached hydrogens (primary N) is 2. The van der Waals surface area contributed by atoms with E-state index in [4.69, 9.17) is 16.6 Å². The molecule has 170 valence electrons. The van der Waals surface area contributed by atoms with Gasteiger partial charge in [-0.3, -0.25) is 4.79 Å². The molecule has 0 radical (unpaired) electrons. The number of aliphatic carboxylic acids is 2. The Labute approximate surface area is 188 Å². The number of hydrogen-bond donors (Lipinski definition) is 5. The molecule has 7 N–H and O–H groups in total. The summed E-state index contributed by atoms with van der Waals surface area (Å²) in [4.78, 5) is 47.1. The predicted molar refractivity (Wildman–Crippen MR) is 120 cm³/mol. The predicted octanol–water partition coefficient (Wildman–Crippen LogP) is 1.19. The number of anilines is 2. The van der Waals surface area contributed by atoms with Gasteiger partial charge in [-0.05, 0) is 42.7 Å². The smallest absolute Gasteiger partial charge is 0.331 e. The number of aromatic nitrogens is 3. The quantitative estimate of drug-likeness (QED) is 0.295. The number of fused-ring (bicyclic) bond motifs is 1. The van der Waals surface area contributed by atoms with E-state index < -0.39 is 30.3 Å². The van der Waals surface area contributed by atoms with Gasteiger partial charge in [0.15, 0.2) is 5.82 Å². The molecule has 33 heavy (non-hydrogen) atoms. The molecule has 0 aliphatic carbocycles. The van der Waals surface area contributed by atoms with Crippen molar-refractivity contribution < 1.29 is 24.6 Å². The van der Waals surface area contributed by atoms with Gasteiger partial charge in [0, 0.05) is 23.3 Å². The lowest BCUT2D eigenvalue weighted by atomic mass is 10.0. The van der Waals surface area contributed by atoms with Gasteiger partial charge in [-0.1, -0.05) is 18.7 Å². The minimum atomic E-state index is -1.40. The van der Waals surface area contributed by atoms with E-state index in [1.165, 1.54) is 0 Å². The lowest BCUT2D eigenvalue weighted by Crippen LogP contribution is -2.41. The SMILES string of the molecule is C=C(CC(NC(=O)c1ccc(CCc2ccc3nc(N)nc(N)c3n2)cc1)C(=O)O)C(=O)O. The zero-order valence-electron chi connectivity index (χ0n) is 17.5. The second-order valence-corrected chi connectivity index (χ2v) is 7.31. The number of carboxylic acid groups (broad SMARTS) is 2. The van der Waals surface area contributed by atoms with Crippen LogP contribution in [0.5, 0.6) is 0 Å². The van der Waals surface area contributed by atoms with Crippen molar-refractivity contribution in [2.45, 2.75) is 25.3 Å². The summed E-state index contributed by atoms with van der Waals surface area (Å²) in [5.41, 5.74) is 14.2. The highest BCUT2D eigenvalue weighted by molar-refractivity contribution is 5.97. The van der Waals surface area contributed by atoms with Gasteiger partial charge in [-0.2, -0.15) is 4.98 Å². The highest BCUT2D eigenvalue weighted by Crippen LogP contribution is 2.18. The van der Waals surface area contributed by atoms with Gasteiger partial charge in [-0.25, -0.2) is 19.6 Å². The van der Waals surface area contributed by atoms with Crippen LogP contribution in [0.15, 0.2) is 48.6 Å². The molecule has 3 rings (SSSR count). The van der Waals surface area contributed by atoms with Crippen LogP contribution < -0.4 is 16.8 Å². The van der Waals surface area contributed by atoms with E-state index in [0.717, 1.165) is 11.3 Å². The van der Waals surface area contributed by atoms with Crippen LogP contribution in [-0.2, 0) is 22.4 Å². The lowest BCUT2D eigenvalue weighted by Gasteiger charge is -2.14. The number of nitrogens with one attached hydrogen (secondary N) is 1. The second-order valence-electron chi connectivity index (χ2n) is 7.31. The molecule has 0 aliphatic heterocycles. The first-order chi connectivity index (χ1) is 15.6. The van der Waals surface area contributed by atoms with Crippen molar-refractivity contribution in [3.63, 3.8) is 0 Å². The topological polar surface area (TPSA) is 194 Å². The zero-order chi connectivity index (χ0) is 24.1. The van der Waals surface area contributed by atoms with Crippen LogP contribution in [0.1, 0.15) is 28.0 Å². The summed E-state index contributed by atoms with van der Waals surface area (Å²) < 4.78 is 0. The fourth-order valence-corrected chi connectivity index (χ4v) is 3.11. The van der Waals surface area contributed by atoms with Gasteiger partial charge in [0.25, 0.3) is 5.91 Å². The van der Waals surface area contributed by atoms with Crippen LogP contribution in [0.2, 0.25) is 0 Å². The number of aryl methyl sites for hydroxylation is 2. The van der Waals surface area contributed by atoms with E-state index in [2.05, 4.69) is 26.8 Å². The lowest BCUT2D eigenvalue weighted by molar-refractivity contribution is -0.139. The maximum Gasteiger partial charge on any atom is 0.331 e. The number of rotatable bonds is 9. The van der Waals surface area contributed by atoms with Crippen molar-refractivity contribution in [3.8, 4) is 0 Å². The first kappa shape index (κ1) is 23.1. The normalized spacial score (nSPS) is 11.6. The Balaban J connectivity index is 1.63. The summed E-state index contributed by atoms with van der Waals surface area (Å²) in [5.74, 6) is -3.00. The van der Waals surface area contributed by atoms with Gasteiger partial charge in [0.05, 0.1) is 5.52 Å². The van der Waals surface area contributed by atoms with Crippen LogP contribution in [0.25, 0.3) is 11.0 Å². The first-order valence-corrected chi connectivity index (χ1v) is 9.86. The molecule has 1 aromatic carbocycles. The van der Waals surface area contributed by atoms with Crippen molar-refractivity contribution in [3.05, 3.63) is 65.4 Å². The standard InChI is InChI=1S/C22H22N6O5/c1-11(20(30)31)10-16(21(32)33)26-19(29)13-5-2-12(3-6-13)4-7-14-8-9-15-17(25-14)18(23)28-22(24)27-15/h2-3,5-6,8-9,16H,1,4,7,10H2,(H,26,29)(H,30,31)(H,32,33)(H4,23,24,27,28). The Morgan fingerprint density at radius 2 is 1.67 bits per heavy atom. The number of nitrogen functional groups attached to an aromatic ring is 2. The van der Waals surface area contributed by atoms with Crippen LogP contribution >= 0.6 is 0 Å². The summed E-state index contributed by atoms with van der Waals surface area (Å²) in [6.07, 6.45) is 0.825. The molecule has 0 saturated heterocycles. The van der Waals surface area contributed by atoms with E-state index in [-0.39, 0.29) is 22.9 Å². The Morgan fingerprint density at radius 3 is 2.30 bits per heavy atom. The van der Waals surface area contributed by atoms with E-state index in [1.54, 1.807) is 30.3 Å². The number of nitrogens with zero attached hydrogens (tertiary/aromatic N) is 3. The van der Waals surface area contributed by atoms with E-state index in [9.17, 15) is 19.5 Å². The highest BCUT2D eigenvalue weighted by atomic mass is 16.4. The molecular formula is C22H22N6O5. The number of benzene rings is 1. The van der Waals surface area contributed by atoms with Gasteiger partial charge in [-0.15, -0.1) is 0 Å². The largest absolute Gasteiger partial charge is 0.480 e. The second kappa shape index (κ2) is 9.73. The average molecular weight is 450 g/mol. The average Bonchev–Trinajstić information content (AvgIpc) is 2.77. The molecule has 0 aliphatic rings. The summed E-state index contributed by atoms with van der Waals surface area (Å²) in [7, 11) is 0. The van der Waals surface area contributed by atoms with Crippen molar-refractivity contribution in [2.24, 2.45) is 0 Å². The molecule has 0 spiro atoms. The van der Waals surface area contributed by atoms with Crippen molar-refractivity contribution in [1.29, 1.82) is 0 Å². The molecule has 1 unspecified atom stereocenters. The maximum absolute atomic E-state index is 12.4. The fraction of sp³-hybridized carbons (Fsp3) is 0.182. The molecule has 11 nitrogen and oxygen atoms in total. The Morgan fingerprint density at radius 1 is 0.970 bits per heavy atom. The first-order valence-electron chi connectivity index (χ1n) is 9.86. The summed E-state index contributed by atoms with van der Waals surface area (Å²) in [6.45, 7) is 3.30. The molecule has 3 aromatic rings. The van der Waals surface area contributed by atoms with Crippen LogP contribution in [0.3, 0.4) is 0 Å². The Kier molecular flexibility index (Phi) is 6.82. The third kappa shape index (κ3) is 5.79. The summed E-state index contributed by atoms with van der Waals surface area (Å²) >= 11 is 0. The van der Waals surface area contributed by atoms with E-state index in [1.807, 2.05) is 6.07 Å². The summed E-state index contributed by atoms with van der Waals surface area (Å²) in [6, 6.07) is 8.84. The molecule has 0 bridgehead atoms. The Hall–Kier alpha value is -4.54. The van der Waals surface area contributed by atoms with E-state index in [0.29, 0.717) is 23.9 Å². The van der Waals surface area contributed by atoms with Gasteiger partial charge >= 0.3 is 11.9 Å². The number of hydrogen-bond acceptors (Lipinski definition) is 8. The molecule has 0 fully saturated rings. The molecule has 2 heterocycles. The number of carboxylic acids is 2. The van der Waals surface area contributed by atoms with Gasteiger partial charge in [0.2, 0.25) is 5.95 Å². The van der Waals surface area contributed by atoms with Gasteiger partial charge < -0.3 is 27.0 Å². The molecule has 2 aromatic heterocycles. The number of pyridine rings is 1. The van der Waals surface area contributed by atoms with Crippen LogP contribution in [-0.4, -0.2) is 49.1 Å². The highest BCUT2D eigenvalue weighted by Gasteiger charge is 2.23. The van der Waals surface area contributed by atoms with Gasteiger partial charge in [0.1, 0.15) is 11.6 Å². The van der Waals surface area contributed by atoms with Crippen molar-refractivity contribution in [1.82, 2.24) is 20.3 Å². The molecule has 1 amide bonds. The molecular weight excluding hydrogens is 428 g/mol. The summed E-state index contributed by atoms with van der Waals surface area (Å²) in [5, 5.41) is 20.4. The van der Waals surface area contributed by atoms with E-state index >= 15 is 0 Å².